The van der Waals surface area contributed by atoms with Gasteiger partial charge in [0, 0.05) is 17.2 Å². The zero-order valence-corrected chi connectivity index (χ0v) is 10.1. The monoisotopic (exact) mass is 232 g/mol. The maximum Gasteiger partial charge on any atom is 0.165 e. The Labute approximate surface area is 101 Å². The van der Waals surface area contributed by atoms with Crippen LogP contribution >= 0.6 is 0 Å². The summed E-state index contributed by atoms with van der Waals surface area (Å²) in [6.45, 7) is 0. The summed E-state index contributed by atoms with van der Waals surface area (Å²) < 4.78 is 10.6. The van der Waals surface area contributed by atoms with E-state index in [1.807, 2.05) is 0 Å². The second-order valence-electron chi connectivity index (χ2n) is 4.38. The SMILES string of the molecule is COc1cc(C#N)cc(C2(N)CCC2)c1OC. The molecule has 0 atom stereocenters. The van der Waals surface area contributed by atoms with E-state index in [9.17, 15) is 0 Å². The van der Waals surface area contributed by atoms with Crippen LogP contribution in [-0.2, 0) is 5.54 Å². The normalized spacial score (nSPS) is 16.8. The van der Waals surface area contributed by atoms with Crippen LogP contribution in [0.25, 0.3) is 0 Å². The Morgan fingerprint density at radius 1 is 1.29 bits per heavy atom. The predicted molar refractivity (Wildman–Crippen MR) is 64.0 cm³/mol. The van der Waals surface area contributed by atoms with Crippen molar-refractivity contribution in [2.45, 2.75) is 24.8 Å². The Hall–Kier alpha value is -1.73. The van der Waals surface area contributed by atoms with E-state index < -0.39 is 0 Å². The molecule has 2 N–H and O–H groups in total. The van der Waals surface area contributed by atoms with Crippen LogP contribution in [0.1, 0.15) is 30.4 Å². The molecule has 1 fully saturated rings. The highest BCUT2D eigenvalue weighted by Gasteiger charge is 2.38. The molecule has 0 saturated heterocycles. The lowest BCUT2D eigenvalue weighted by molar-refractivity contribution is 0.240. The Bertz CT molecular complexity index is 473. The van der Waals surface area contributed by atoms with E-state index in [2.05, 4.69) is 6.07 Å². The average Bonchev–Trinajstić information content (AvgIpc) is 2.33. The summed E-state index contributed by atoms with van der Waals surface area (Å²) in [6.07, 6.45) is 2.95. The first-order chi connectivity index (χ1) is 8.14. The standard InChI is InChI=1S/C13H16N2O2/c1-16-11-7-9(8-14)6-10(12(11)17-2)13(15)4-3-5-13/h6-7H,3-5,15H2,1-2H3. The highest BCUT2D eigenvalue weighted by atomic mass is 16.5. The second-order valence-corrected chi connectivity index (χ2v) is 4.38. The van der Waals surface area contributed by atoms with Crippen LogP contribution < -0.4 is 15.2 Å². The van der Waals surface area contributed by atoms with Crippen molar-refractivity contribution in [3.8, 4) is 17.6 Å². The van der Waals surface area contributed by atoms with Gasteiger partial charge in [-0.2, -0.15) is 5.26 Å². The number of hydrogen-bond donors (Lipinski definition) is 1. The quantitative estimate of drug-likeness (QED) is 0.864. The average molecular weight is 232 g/mol. The molecule has 1 aliphatic carbocycles. The van der Waals surface area contributed by atoms with Crippen LogP contribution in [-0.4, -0.2) is 14.2 Å². The van der Waals surface area contributed by atoms with Crippen LogP contribution in [0.15, 0.2) is 12.1 Å². The first kappa shape index (κ1) is 11.7. The van der Waals surface area contributed by atoms with Gasteiger partial charge in [0.05, 0.1) is 25.9 Å². The Kier molecular flexibility index (Phi) is 2.95. The van der Waals surface area contributed by atoms with E-state index in [0.717, 1.165) is 24.8 Å². The van der Waals surface area contributed by atoms with Crippen LogP contribution in [0.2, 0.25) is 0 Å². The zero-order valence-electron chi connectivity index (χ0n) is 10.1. The van der Waals surface area contributed by atoms with Gasteiger partial charge in [-0.05, 0) is 25.3 Å². The summed E-state index contributed by atoms with van der Waals surface area (Å²) in [5.74, 6) is 1.21. The van der Waals surface area contributed by atoms with Gasteiger partial charge in [-0.1, -0.05) is 0 Å². The van der Waals surface area contributed by atoms with Gasteiger partial charge in [0.2, 0.25) is 0 Å². The second kappa shape index (κ2) is 4.27. The first-order valence-corrected chi connectivity index (χ1v) is 5.60. The number of nitrogens with two attached hydrogens (primary N) is 1. The number of benzene rings is 1. The zero-order chi connectivity index (χ0) is 12.5. The van der Waals surface area contributed by atoms with Gasteiger partial charge in [-0.15, -0.1) is 0 Å². The largest absolute Gasteiger partial charge is 0.493 e. The third-order valence-electron chi connectivity index (χ3n) is 3.39. The van der Waals surface area contributed by atoms with Crippen molar-refractivity contribution in [2.75, 3.05) is 14.2 Å². The van der Waals surface area contributed by atoms with Crippen LogP contribution in [0.3, 0.4) is 0 Å². The van der Waals surface area contributed by atoms with Crippen LogP contribution in [0.5, 0.6) is 11.5 Å². The maximum atomic E-state index is 9.01. The maximum absolute atomic E-state index is 9.01. The summed E-state index contributed by atoms with van der Waals surface area (Å²) in [7, 11) is 3.15. The lowest BCUT2D eigenvalue weighted by Crippen LogP contribution is -2.43. The molecule has 0 amide bonds. The molecule has 1 aromatic carbocycles. The van der Waals surface area contributed by atoms with E-state index in [-0.39, 0.29) is 5.54 Å². The van der Waals surface area contributed by atoms with Crippen molar-refractivity contribution in [3.05, 3.63) is 23.3 Å². The van der Waals surface area contributed by atoms with Gasteiger partial charge >= 0.3 is 0 Å². The fourth-order valence-corrected chi connectivity index (χ4v) is 2.23. The van der Waals surface area contributed by atoms with Crippen molar-refractivity contribution in [3.63, 3.8) is 0 Å². The fourth-order valence-electron chi connectivity index (χ4n) is 2.23. The highest BCUT2D eigenvalue weighted by Crippen LogP contribution is 2.46. The van der Waals surface area contributed by atoms with Crippen molar-refractivity contribution >= 4 is 0 Å². The van der Waals surface area contributed by atoms with E-state index >= 15 is 0 Å². The van der Waals surface area contributed by atoms with Gasteiger partial charge in [0.25, 0.3) is 0 Å². The molecule has 0 radical (unpaired) electrons. The lowest BCUT2D eigenvalue weighted by Gasteiger charge is -2.39. The molecule has 1 saturated carbocycles. The number of rotatable bonds is 3. The molecule has 0 spiro atoms. The van der Waals surface area contributed by atoms with Gasteiger partial charge in [-0.25, -0.2) is 0 Å². The van der Waals surface area contributed by atoms with E-state index in [4.69, 9.17) is 20.5 Å². The third-order valence-corrected chi connectivity index (χ3v) is 3.39. The van der Waals surface area contributed by atoms with Gasteiger partial charge < -0.3 is 15.2 Å². The Balaban J connectivity index is 2.59. The Morgan fingerprint density at radius 2 is 2.00 bits per heavy atom. The summed E-state index contributed by atoms with van der Waals surface area (Å²) in [5, 5.41) is 9.01. The highest BCUT2D eigenvalue weighted by molar-refractivity contribution is 5.55. The first-order valence-electron chi connectivity index (χ1n) is 5.60. The number of hydrogen-bond acceptors (Lipinski definition) is 4. The minimum absolute atomic E-state index is 0.370. The fraction of sp³-hybridized carbons (Fsp3) is 0.462. The molecule has 0 heterocycles. The molecular weight excluding hydrogens is 216 g/mol. The molecule has 1 aliphatic rings. The molecule has 0 aromatic heterocycles. The minimum Gasteiger partial charge on any atom is -0.493 e. The molecule has 0 unspecified atom stereocenters. The predicted octanol–water partition coefficient (Wildman–Crippen LogP) is 1.91. The molecule has 0 aliphatic heterocycles. The van der Waals surface area contributed by atoms with Gasteiger partial charge in [-0.3, -0.25) is 0 Å². The van der Waals surface area contributed by atoms with E-state index in [1.54, 1.807) is 26.4 Å². The van der Waals surface area contributed by atoms with Gasteiger partial charge in [0.15, 0.2) is 11.5 Å². The number of methoxy groups -OCH3 is 2. The smallest absolute Gasteiger partial charge is 0.165 e. The van der Waals surface area contributed by atoms with Gasteiger partial charge in [0.1, 0.15) is 0 Å². The molecule has 0 bridgehead atoms. The van der Waals surface area contributed by atoms with Crippen LogP contribution in [0.4, 0.5) is 0 Å². The number of nitriles is 1. The third kappa shape index (κ3) is 1.83. The van der Waals surface area contributed by atoms with Crippen molar-refractivity contribution in [1.29, 1.82) is 5.26 Å². The summed E-state index contributed by atoms with van der Waals surface area (Å²) >= 11 is 0. The molecule has 17 heavy (non-hydrogen) atoms. The van der Waals surface area contributed by atoms with Crippen molar-refractivity contribution in [1.82, 2.24) is 0 Å². The molecule has 90 valence electrons. The summed E-state index contributed by atoms with van der Waals surface area (Å²) in [4.78, 5) is 0. The Morgan fingerprint density at radius 3 is 2.41 bits per heavy atom. The van der Waals surface area contributed by atoms with E-state index in [0.29, 0.717) is 17.1 Å². The molecular formula is C13H16N2O2. The molecule has 4 nitrogen and oxygen atoms in total. The van der Waals surface area contributed by atoms with Crippen molar-refractivity contribution in [2.24, 2.45) is 5.73 Å². The molecule has 2 rings (SSSR count). The number of ether oxygens (including phenoxy) is 2. The molecule has 1 aromatic rings. The molecule has 4 heteroatoms. The van der Waals surface area contributed by atoms with Crippen LogP contribution in [0, 0.1) is 11.3 Å². The lowest BCUT2D eigenvalue weighted by atomic mass is 9.72. The summed E-state index contributed by atoms with van der Waals surface area (Å²) in [5.41, 5.74) is 7.36. The van der Waals surface area contributed by atoms with E-state index in [1.165, 1.54) is 0 Å². The number of nitrogens with zero attached hydrogens (tertiary/aromatic N) is 1. The topological polar surface area (TPSA) is 68.3 Å². The summed E-state index contributed by atoms with van der Waals surface area (Å²) in [6, 6.07) is 5.60. The minimum atomic E-state index is -0.370. The van der Waals surface area contributed by atoms with Crippen molar-refractivity contribution < 1.29 is 9.47 Å².